The van der Waals surface area contributed by atoms with Crippen molar-refractivity contribution >= 4 is 33.0 Å². The van der Waals surface area contributed by atoms with Crippen molar-refractivity contribution in [2.24, 2.45) is 0 Å². The lowest BCUT2D eigenvalue weighted by atomic mass is 10.0. The third kappa shape index (κ3) is 3.62. The Bertz CT molecular complexity index is 763. The molecule has 0 spiro atoms. The van der Waals surface area contributed by atoms with E-state index in [0.717, 1.165) is 23.0 Å². The van der Waals surface area contributed by atoms with Gasteiger partial charge in [-0.15, -0.1) is 11.3 Å². The first-order valence-corrected chi connectivity index (χ1v) is 8.60. The number of benzene rings is 1. The second-order valence-electron chi connectivity index (χ2n) is 4.84. The number of carbonyl (C=O) groups is 1. The van der Waals surface area contributed by atoms with Crippen LogP contribution in [0.25, 0.3) is 0 Å². The maximum Gasteiger partial charge on any atom is 0.345 e. The van der Waals surface area contributed by atoms with Gasteiger partial charge in [0, 0.05) is 11.1 Å². The molecule has 1 heterocycles. The summed E-state index contributed by atoms with van der Waals surface area (Å²) >= 11 is 0.884. The van der Waals surface area contributed by atoms with Gasteiger partial charge in [-0.3, -0.25) is 4.72 Å². The number of anilines is 1. The Morgan fingerprint density at radius 3 is 2.57 bits per heavy atom. The van der Waals surface area contributed by atoms with Crippen molar-refractivity contribution in [2.75, 3.05) is 4.72 Å². The van der Waals surface area contributed by atoms with Gasteiger partial charge in [-0.25, -0.2) is 13.2 Å². The maximum atomic E-state index is 12.2. The van der Waals surface area contributed by atoms with Gasteiger partial charge in [-0.1, -0.05) is 26.0 Å². The summed E-state index contributed by atoms with van der Waals surface area (Å²) in [6.07, 6.45) is 0. The number of aromatic carboxylic acids is 1. The van der Waals surface area contributed by atoms with Crippen molar-refractivity contribution in [1.82, 2.24) is 0 Å². The maximum absolute atomic E-state index is 12.2. The second kappa shape index (κ2) is 5.87. The number of nitrogens with one attached hydrogen (secondary N) is 1. The summed E-state index contributed by atoms with van der Waals surface area (Å²) in [4.78, 5) is 10.8. The number of rotatable bonds is 5. The van der Waals surface area contributed by atoms with Gasteiger partial charge < -0.3 is 5.11 Å². The number of hydrogen-bond donors (Lipinski definition) is 2. The molecule has 21 heavy (non-hydrogen) atoms. The summed E-state index contributed by atoms with van der Waals surface area (Å²) in [5.41, 5.74) is 1.48. The fraction of sp³-hybridized carbons (Fsp3) is 0.214. The molecule has 1 aromatic heterocycles. The molecule has 0 bridgehead atoms. The van der Waals surface area contributed by atoms with Crippen LogP contribution in [0.4, 0.5) is 5.69 Å². The highest BCUT2D eigenvalue weighted by atomic mass is 32.2. The molecule has 7 heteroatoms. The van der Waals surface area contributed by atoms with E-state index in [2.05, 4.69) is 4.72 Å². The number of carboxylic acid groups (broad SMARTS) is 1. The fourth-order valence-electron chi connectivity index (χ4n) is 1.75. The average molecular weight is 325 g/mol. The topological polar surface area (TPSA) is 83.5 Å². The van der Waals surface area contributed by atoms with Crippen molar-refractivity contribution in [3.05, 3.63) is 46.2 Å². The molecule has 0 amide bonds. The Labute approximate surface area is 127 Å². The van der Waals surface area contributed by atoms with E-state index >= 15 is 0 Å². The second-order valence-corrected chi connectivity index (χ2v) is 7.43. The van der Waals surface area contributed by atoms with Crippen LogP contribution in [0.1, 0.15) is 35.0 Å². The molecule has 2 aromatic rings. The summed E-state index contributed by atoms with van der Waals surface area (Å²) in [6, 6.07) is 8.29. The van der Waals surface area contributed by atoms with E-state index < -0.39 is 16.0 Å². The van der Waals surface area contributed by atoms with E-state index in [0.29, 0.717) is 5.69 Å². The molecule has 0 saturated heterocycles. The standard InChI is InChI=1S/C14H15NO4S2/c1-9(2)10-4-3-5-11(6-10)15-21(18,19)12-7-13(14(16)17)20-8-12/h3-9,15H,1-2H3,(H,16,17). The van der Waals surface area contributed by atoms with Crippen LogP contribution in [-0.4, -0.2) is 19.5 Å². The van der Waals surface area contributed by atoms with Crippen LogP contribution in [0.3, 0.4) is 0 Å². The van der Waals surface area contributed by atoms with Gasteiger partial charge in [0.05, 0.1) is 4.90 Å². The van der Waals surface area contributed by atoms with Crippen LogP contribution in [0.2, 0.25) is 0 Å². The summed E-state index contributed by atoms with van der Waals surface area (Å²) in [5.74, 6) is -0.850. The summed E-state index contributed by atoms with van der Waals surface area (Å²) in [6.45, 7) is 4.04. The van der Waals surface area contributed by atoms with Gasteiger partial charge in [-0.2, -0.15) is 0 Å². The van der Waals surface area contributed by atoms with Gasteiger partial charge in [0.2, 0.25) is 0 Å². The number of carboxylic acids is 1. The molecule has 0 saturated carbocycles. The first kappa shape index (κ1) is 15.5. The molecule has 0 unspecified atom stereocenters. The highest BCUT2D eigenvalue weighted by Crippen LogP contribution is 2.24. The van der Waals surface area contributed by atoms with Crippen molar-refractivity contribution in [3.8, 4) is 0 Å². The lowest BCUT2D eigenvalue weighted by Crippen LogP contribution is -2.12. The van der Waals surface area contributed by atoms with Crippen LogP contribution in [0.15, 0.2) is 40.6 Å². The van der Waals surface area contributed by atoms with E-state index in [4.69, 9.17) is 5.11 Å². The Kier molecular flexibility index (Phi) is 4.34. The average Bonchev–Trinajstić information content (AvgIpc) is 2.89. The summed E-state index contributed by atoms with van der Waals surface area (Å²) in [7, 11) is -3.77. The number of thiophene rings is 1. The van der Waals surface area contributed by atoms with E-state index in [1.54, 1.807) is 18.2 Å². The van der Waals surface area contributed by atoms with E-state index in [1.807, 2.05) is 19.9 Å². The highest BCUT2D eigenvalue weighted by molar-refractivity contribution is 7.92. The molecule has 5 nitrogen and oxygen atoms in total. The van der Waals surface area contributed by atoms with E-state index in [1.165, 1.54) is 5.38 Å². The zero-order valence-electron chi connectivity index (χ0n) is 11.5. The minimum absolute atomic E-state index is 0.00805. The van der Waals surface area contributed by atoms with Crippen LogP contribution >= 0.6 is 11.3 Å². The van der Waals surface area contributed by atoms with E-state index in [9.17, 15) is 13.2 Å². The summed E-state index contributed by atoms with van der Waals surface area (Å²) < 4.78 is 26.9. The van der Waals surface area contributed by atoms with Gasteiger partial charge >= 0.3 is 5.97 Å². The summed E-state index contributed by atoms with van der Waals surface area (Å²) in [5, 5.41) is 10.2. The SMILES string of the molecule is CC(C)c1cccc(NS(=O)(=O)c2csc(C(=O)O)c2)c1. The molecule has 0 atom stereocenters. The van der Waals surface area contributed by atoms with Gasteiger partial charge in [0.1, 0.15) is 4.88 Å². The minimum Gasteiger partial charge on any atom is -0.477 e. The van der Waals surface area contributed by atoms with Crippen molar-refractivity contribution in [2.45, 2.75) is 24.7 Å². The Morgan fingerprint density at radius 2 is 2.00 bits per heavy atom. The molecule has 112 valence electrons. The van der Waals surface area contributed by atoms with Crippen molar-refractivity contribution < 1.29 is 18.3 Å². The number of sulfonamides is 1. The molecular formula is C14H15NO4S2. The molecule has 2 N–H and O–H groups in total. The van der Waals surface area contributed by atoms with Crippen molar-refractivity contribution in [1.29, 1.82) is 0 Å². The predicted octanol–water partition coefficient (Wildman–Crippen LogP) is 3.37. The quantitative estimate of drug-likeness (QED) is 0.883. The first-order chi connectivity index (χ1) is 9.79. The molecule has 0 aliphatic rings. The molecule has 0 fully saturated rings. The van der Waals surface area contributed by atoms with Crippen LogP contribution < -0.4 is 4.72 Å². The first-order valence-electron chi connectivity index (χ1n) is 6.24. The van der Waals surface area contributed by atoms with E-state index in [-0.39, 0.29) is 15.7 Å². The van der Waals surface area contributed by atoms with Crippen molar-refractivity contribution in [3.63, 3.8) is 0 Å². The fourth-order valence-corrected chi connectivity index (χ4v) is 3.91. The lowest BCUT2D eigenvalue weighted by molar-refractivity contribution is 0.0702. The molecular weight excluding hydrogens is 310 g/mol. The molecule has 0 aliphatic heterocycles. The van der Waals surface area contributed by atoms with Crippen LogP contribution in [-0.2, 0) is 10.0 Å². The lowest BCUT2D eigenvalue weighted by Gasteiger charge is -2.10. The molecule has 0 aliphatic carbocycles. The number of hydrogen-bond acceptors (Lipinski definition) is 4. The Balaban J connectivity index is 2.28. The normalized spacial score (nSPS) is 11.6. The third-order valence-electron chi connectivity index (χ3n) is 2.90. The predicted molar refractivity (Wildman–Crippen MR) is 82.6 cm³/mol. The molecule has 2 rings (SSSR count). The Morgan fingerprint density at radius 1 is 1.29 bits per heavy atom. The van der Waals surface area contributed by atoms with Gasteiger partial charge in [0.25, 0.3) is 10.0 Å². The highest BCUT2D eigenvalue weighted by Gasteiger charge is 2.18. The zero-order valence-corrected chi connectivity index (χ0v) is 13.2. The third-order valence-corrected chi connectivity index (χ3v) is 5.33. The molecule has 1 aromatic carbocycles. The van der Waals surface area contributed by atoms with Crippen LogP contribution in [0.5, 0.6) is 0 Å². The van der Waals surface area contributed by atoms with Gasteiger partial charge in [-0.05, 0) is 29.7 Å². The van der Waals surface area contributed by atoms with Crippen LogP contribution in [0, 0.1) is 0 Å². The monoisotopic (exact) mass is 325 g/mol. The Hall–Kier alpha value is -1.86. The zero-order chi connectivity index (χ0) is 15.6. The van der Waals surface area contributed by atoms with Gasteiger partial charge in [0.15, 0.2) is 0 Å². The largest absolute Gasteiger partial charge is 0.477 e. The molecule has 0 radical (unpaired) electrons. The minimum atomic E-state index is -3.77. The smallest absolute Gasteiger partial charge is 0.345 e.